The van der Waals surface area contributed by atoms with Gasteiger partial charge in [0.05, 0.1) is 6.42 Å². The van der Waals surface area contributed by atoms with E-state index in [1.54, 1.807) is 0 Å². The Bertz CT molecular complexity index is 687. The smallest absolute Gasteiger partial charge is 0.224 e. The van der Waals surface area contributed by atoms with Crippen LogP contribution in [0.5, 0.6) is 0 Å². The summed E-state index contributed by atoms with van der Waals surface area (Å²) in [4.78, 5) is 15.4. The zero-order valence-corrected chi connectivity index (χ0v) is 12.1. The second-order valence-corrected chi connectivity index (χ2v) is 5.73. The summed E-state index contributed by atoms with van der Waals surface area (Å²) in [5.74, 6) is 0.193. The second-order valence-electron chi connectivity index (χ2n) is 5.73. The second kappa shape index (κ2) is 5.74. The van der Waals surface area contributed by atoms with Crippen molar-refractivity contribution in [2.45, 2.75) is 25.8 Å². The highest BCUT2D eigenvalue weighted by molar-refractivity contribution is 5.91. The third-order valence-electron chi connectivity index (χ3n) is 4.10. The first-order chi connectivity index (χ1) is 10.2. The monoisotopic (exact) mass is 284 g/mol. The third-order valence-corrected chi connectivity index (χ3v) is 4.10. The van der Waals surface area contributed by atoms with Crippen molar-refractivity contribution in [1.82, 2.24) is 10.3 Å². The number of aryl methyl sites for hydroxylation is 1. The number of hydrogen-bond acceptors (Lipinski definition) is 2. The fourth-order valence-electron chi connectivity index (χ4n) is 3.04. The number of carbonyl (C=O) groups is 1. The van der Waals surface area contributed by atoms with Crippen molar-refractivity contribution in [2.75, 3.05) is 6.61 Å². The summed E-state index contributed by atoms with van der Waals surface area (Å²) >= 11 is 0. The molecule has 0 saturated heterocycles. The molecule has 1 amide bonds. The van der Waals surface area contributed by atoms with Crippen molar-refractivity contribution in [1.29, 1.82) is 0 Å². The molecule has 2 aromatic rings. The van der Waals surface area contributed by atoms with Crippen molar-refractivity contribution < 1.29 is 9.90 Å². The highest BCUT2D eigenvalue weighted by atomic mass is 16.3. The lowest BCUT2D eigenvalue weighted by molar-refractivity contribution is -0.120. The van der Waals surface area contributed by atoms with E-state index in [0.29, 0.717) is 6.42 Å². The molecule has 2 atom stereocenters. The van der Waals surface area contributed by atoms with Crippen molar-refractivity contribution >= 4 is 16.8 Å². The van der Waals surface area contributed by atoms with Gasteiger partial charge in [0, 0.05) is 35.7 Å². The van der Waals surface area contributed by atoms with Crippen LogP contribution in [0.4, 0.5) is 0 Å². The van der Waals surface area contributed by atoms with Crippen molar-refractivity contribution in [2.24, 2.45) is 5.92 Å². The van der Waals surface area contributed by atoms with Crippen molar-refractivity contribution in [3.63, 3.8) is 0 Å². The lowest BCUT2D eigenvalue weighted by atomic mass is 10.0. The largest absolute Gasteiger partial charge is 0.396 e. The van der Waals surface area contributed by atoms with E-state index in [9.17, 15) is 4.79 Å². The Labute approximate surface area is 123 Å². The van der Waals surface area contributed by atoms with E-state index in [-0.39, 0.29) is 24.5 Å². The SMILES string of the molecule is Cc1cccc2[nH]cc(CC(=O)N[C@@H]3C=C[C@H](CO)C3)c12. The van der Waals surface area contributed by atoms with E-state index >= 15 is 0 Å². The first-order valence-corrected chi connectivity index (χ1v) is 7.31. The summed E-state index contributed by atoms with van der Waals surface area (Å²) < 4.78 is 0. The number of aliphatic hydroxyl groups excluding tert-OH is 1. The van der Waals surface area contributed by atoms with Gasteiger partial charge in [-0.05, 0) is 30.5 Å². The first kappa shape index (κ1) is 13.9. The lowest BCUT2D eigenvalue weighted by Gasteiger charge is -2.12. The average molecular weight is 284 g/mol. The van der Waals surface area contributed by atoms with Gasteiger partial charge in [0.2, 0.25) is 5.91 Å². The van der Waals surface area contributed by atoms with Crippen molar-refractivity contribution in [3.05, 3.63) is 47.7 Å². The summed E-state index contributed by atoms with van der Waals surface area (Å²) in [6.45, 7) is 2.20. The van der Waals surface area contributed by atoms with Gasteiger partial charge in [-0.25, -0.2) is 0 Å². The van der Waals surface area contributed by atoms with Gasteiger partial charge in [0.1, 0.15) is 0 Å². The number of nitrogens with one attached hydrogen (secondary N) is 2. The lowest BCUT2D eigenvalue weighted by Crippen LogP contribution is -2.34. The highest BCUT2D eigenvalue weighted by Gasteiger charge is 2.20. The Morgan fingerprint density at radius 2 is 2.29 bits per heavy atom. The number of aliphatic hydroxyl groups is 1. The number of amides is 1. The molecule has 4 heteroatoms. The summed E-state index contributed by atoms with van der Waals surface area (Å²) in [5.41, 5.74) is 3.28. The van der Waals surface area contributed by atoms with Gasteiger partial charge >= 0.3 is 0 Å². The Morgan fingerprint density at radius 3 is 3.05 bits per heavy atom. The van der Waals surface area contributed by atoms with Crippen LogP contribution in [0, 0.1) is 12.8 Å². The summed E-state index contributed by atoms with van der Waals surface area (Å²) in [7, 11) is 0. The van der Waals surface area contributed by atoms with Gasteiger partial charge < -0.3 is 15.4 Å². The molecular weight excluding hydrogens is 264 g/mol. The molecule has 1 aliphatic rings. The molecule has 0 saturated carbocycles. The molecule has 21 heavy (non-hydrogen) atoms. The molecule has 110 valence electrons. The maximum Gasteiger partial charge on any atom is 0.224 e. The fourth-order valence-corrected chi connectivity index (χ4v) is 3.04. The Morgan fingerprint density at radius 1 is 1.43 bits per heavy atom. The number of benzene rings is 1. The van der Waals surface area contributed by atoms with Gasteiger partial charge in [0.15, 0.2) is 0 Å². The molecule has 0 unspecified atom stereocenters. The molecule has 1 heterocycles. The normalized spacial score (nSPS) is 21.0. The maximum absolute atomic E-state index is 12.2. The van der Waals surface area contributed by atoms with Gasteiger partial charge in [-0.1, -0.05) is 24.3 Å². The molecule has 0 spiro atoms. The van der Waals surface area contributed by atoms with Crippen LogP contribution in [0.25, 0.3) is 10.9 Å². The van der Waals surface area contributed by atoms with Gasteiger partial charge in [-0.2, -0.15) is 0 Å². The van der Waals surface area contributed by atoms with Crippen LogP contribution in [-0.4, -0.2) is 28.6 Å². The molecule has 0 fully saturated rings. The average Bonchev–Trinajstić information content (AvgIpc) is 3.07. The predicted molar refractivity (Wildman–Crippen MR) is 83.0 cm³/mol. The van der Waals surface area contributed by atoms with Gasteiger partial charge in [-0.3, -0.25) is 4.79 Å². The van der Waals surface area contributed by atoms with E-state index in [1.165, 1.54) is 5.56 Å². The Hall–Kier alpha value is -2.07. The predicted octanol–water partition coefficient (Wildman–Crippen LogP) is 2.07. The van der Waals surface area contributed by atoms with Crippen LogP contribution < -0.4 is 5.32 Å². The molecule has 0 radical (unpaired) electrons. The molecule has 1 aliphatic carbocycles. The van der Waals surface area contributed by atoms with Crippen LogP contribution in [-0.2, 0) is 11.2 Å². The third kappa shape index (κ3) is 2.85. The number of aromatic amines is 1. The number of carbonyl (C=O) groups excluding carboxylic acids is 1. The van der Waals surface area contributed by atoms with Crippen molar-refractivity contribution in [3.8, 4) is 0 Å². The van der Waals surface area contributed by atoms with Crippen LogP contribution in [0.1, 0.15) is 17.5 Å². The molecule has 3 rings (SSSR count). The summed E-state index contributed by atoms with van der Waals surface area (Å²) in [6, 6.07) is 6.13. The van der Waals surface area contributed by atoms with E-state index in [4.69, 9.17) is 5.11 Å². The molecule has 1 aromatic heterocycles. The number of aromatic nitrogens is 1. The number of H-pyrrole nitrogens is 1. The van der Waals surface area contributed by atoms with E-state index in [1.807, 2.05) is 30.5 Å². The highest BCUT2D eigenvalue weighted by Crippen LogP contribution is 2.23. The zero-order chi connectivity index (χ0) is 14.8. The van der Waals surface area contributed by atoms with Gasteiger partial charge in [0.25, 0.3) is 0 Å². The van der Waals surface area contributed by atoms with Crippen LogP contribution in [0.3, 0.4) is 0 Å². The number of hydrogen-bond donors (Lipinski definition) is 3. The van der Waals surface area contributed by atoms with E-state index in [2.05, 4.69) is 23.3 Å². The molecule has 0 aliphatic heterocycles. The molecule has 4 nitrogen and oxygen atoms in total. The minimum atomic E-state index is 0.0207. The van der Waals surface area contributed by atoms with Gasteiger partial charge in [-0.15, -0.1) is 0 Å². The fraction of sp³-hybridized carbons (Fsp3) is 0.353. The minimum absolute atomic E-state index is 0.0207. The summed E-state index contributed by atoms with van der Waals surface area (Å²) in [5, 5.41) is 13.3. The van der Waals surface area contributed by atoms with Crippen LogP contribution in [0.2, 0.25) is 0 Å². The molecule has 0 bridgehead atoms. The minimum Gasteiger partial charge on any atom is -0.396 e. The standard InChI is InChI=1S/C17H20N2O2/c1-11-3-2-4-15-17(11)13(9-18-15)8-16(21)19-14-6-5-12(7-14)10-20/h2-6,9,12,14,18,20H,7-8,10H2,1H3,(H,19,21)/t12-,14+/m0/s1. The molecular formula is C17H20N2O2. The summed E-state index contributed by atoms with van der Waals surface area (Å²) in [6.07, 6.45) is 7.02. The van der Waals surface area contributed by atoms with E-state index < -0.39 is 0 Å². The quantitative estimate of drug-likeness (QED) is 0.753. The van der Waals surface area contributed by atoms with Crippen LogP contribution >= 0.6 is 0 Å². The Balaban J connectivity index is 1.68. The molecule has 3 N–H and O–H groups in total. The number of fused-ring (bicyclic) bond motifs is 1. The van der Waals surface area contributed by atoms with E-state index in [0.717, 1.165) is 22.9 Å². The maximum atomic E-state index is 12.2. The first-order valence-electron chi connectivity index (χ1n) is 7.31. The topological polar surface area (TPSA) is 65.1 Å². The van der Waals surface area contributed by atoms with Crippen LogP contribution in [0.15, 0.2) is 36.5 Å². The Kier molecular flexibility index (Phi) is 3.80. The zero-order valence-electron chi connectivity index (χ0n) is 12.1. The number of rotatable bonds is 4. The molecule has 1 aromatic carbocycles.